The Labute approximate surface area is 108 Å². The van der Waals surface area contributed by atoms with Crippen LogP contribution in [0.5, 0.6) is 5.75 Å². The molecule has 0 unspecified atom stereocenters. The van der Waals surface area contributed by atoms with Crippen molar-refractivity contribution in [1.82, 2.24) is 9.55 Å². The number of nitrogens with one attached hydrogen (secondary N) is 1. The molecule has 0 aliphatic rings. The predicted octanol–water partition coefficient (Wildman–Crippen LogP) is 2.83. The van der Waals surface area contributed by atoms with Gasteiger partial charge in [-0.2, -0.15) is 0 Å². The molecule has 0 atom stereocenters. The van der Waals surface area contributed by atoms with Gasteiger partial charge < -0.3 is 14.6 Å². The van der Waals surface area contributed by atoms with Crippen LogP contribution in [0.25, 0.3) is 0 Å². The molecule has 2 aromatic rings. The van der Waals surface area contributed by atoms with E-state index in [1.54, 1.807) is 7.11 Å². The maximum Gasteiger partial charge on any atom is 0.121 e. The number of rotatable bonds is 5. The molecule has 0 saturated heterocycles. The van der Waals surface area contributed by atoms with E-state index >= 15 is 0 Å². The lowest BCUT2D eigenvalue weighted by molar-refractivity contribution is 0.412. The van der Waals surface area contributed by atoms with Gasteiger partial charge in [0.05, 0.1) is 25.7 Å². The van der Waals surface area contributed by atoms with Gasteiger partial charge in [-0.25, -0.2) is 4.98 Å². The Morgan fingerprint density at radius 3 is 2.89 bits per heavy atom. The largest absolute Gasteiger partial charge is 0.496 e. The predicted molar refractivity (Wildman–Crippen MR) is 73.0 cm³/mol. The summed E-state index contributed by atoms with van der Waals surface area (Å²) in [7, 11) is 1.69. The zero-order valence-electron chi connectivity index (χ0n) is 11.1. The van der Waals surface area contributed by atoms with Gasteiger partial charge in [-0.3, -0.25) is 0 Å². The maximum atomic E-state index is 5.24. The van der Waals surface area contributed by atoms with Crippen molar-refractivity contribution in [2.75, 3.05) is 12.4 Å². The van der Waals surface area contributed by atoms with Crippen LogP contribution < -0.4 is 10.1 Å². The first-order chi connectivity index (χ1) is 8.74. The molecule has 4 heteroatoms. The van der Waals surface area contributed by atoms with E-state index in [2.05, 4.69) is 27.9 Å². The molecule has 1 aromatic heterocycles. The second-order valence-electron chi connectivity index (χ2n) is 4.21. The highest BCUT2D eigenvalue weighted by Gasteiger charge is 2.02. The Balaban J connectivity index is 2.04. The van der Waals surface area contributed by atoms with Crippen LogP contribution in [0.1, 0.15) is 18.2 Å². The lowest BCUT2D eigenvalue weighted by Crippen LogP contribution is -2.06. The van der Waals surface area contributed by atoms with Crippen molar-refractivity contribution in [2.24, 2.45) is 0 Å². The molecule has 0 fully saturated rings. The van der Waals surface area contributed by atoms with E-state index in [0.717, 1.165) is 30.1 Å². The molecular weight excluding hydrogens is 226 g/mol. The third-order valence-corrected chi connectivity index (χ3v) is 3.01. The van der Waals surface area contributed by atoms with Crippen molar-refractivity contribution in [3.8, 4) is 5.75 Å². The Kier molecular flexibility index (Phi) is 3.87. The fraction of sp³-hybridized carbons (Fsp3) is 0.357. The molecule has 0 radical (unpaired) electrons. The topological polar surface area (TPSA) is 39.1 Å². The number of benzene rings is 1. The standard InChI is InChI=1S/C14H19N3O/c1-4-17-10-15-8-13(17)9-16-12-5-6-14(18-3)11(2)7-12/h5-8,10,16H,4,9H2,1-3H3. The number of nitrogens with zero attached hydrogens (tertiary/aromatic N) is 2. The fourth-order valence-electron chi connectivity index (χ4n) is 1.96. The Hall–Kier alpha value is -1.97. The highest BCUT2D eigenvalue weighted by atomic mass is 16.5. The Morgan fingerprint density at radius 1 is 1.39 bits per heavy atom. The van der Waals surface area contributed by atoms with Crippen LogP contribution in [0.4, 0.5) is 5.69 Å². The molecule has 1 heterocycles. The average Bonchev–Trinajstić information content (AvgIpc) is 2.84. The minimum absolute atomic E-state index is 0.777. The molecule has 0 aliphatic carbocycles. The van der Waals surface area contributed by atoms with Crippen molar-refractivity contribution in [2.45, 2.75) is 26.9 Å². The normalized spacial score (nSPS) is 10.4. The molecule has 1 aromatic carbocycles. The molecule has 0 bridgehead atoms. The van der Waals surface area contributed by atoms with E-state index in [4.69, 9.17) is 4.74 Å². The monoisotopic (exact) mass is 245 g/mol. The SMILES string of the molecule is CCn1cncc1CNc1ccc(OC)c(C)c1. The molecular formula is C14H19N3O. The first kappa shape index (κ1) is 12.5. The summed E-state index contributed by atoms with van der Waals surface area (Å²) < 4.78 is 7.37. The number of hydrogen-bond acceptors (Lipinski definition) is 3. The van der Waals surface area contributed by atoms with Crippen LogP contribution in [0.15, 0.2) is 30.7 Å². The number of imidazole rings is 1. The minimum Gasteiger partial charge on any atom is -0.496 e. The zero-order valence-corrected chi connectivity index (χ0v) is 11.1. The van der Waals surface area contributed by atoms with Crippen LogP contribution >= 0.6 is 0 Å². The third kappa shape index (κ3) is 2.64. The van der Waals surface area contributed by atoms with Gasteiger partial charge in [0.25, 0.3) is 0 Å². The molecule has 2 rings (SSSR count). The number of aryl methyl sites for hydroxylation is 2. The van der Waals surface area contributed by atoms with Crippen molar-refractivity contribution < 1.29 is 4.74 Å². The molecule has 0 saturated carbocycles. The van der Waals surface area contributed by atoms with Crippen molar-refractivity contribution in [1.29, 1.82) is 0 Å². The minimum atomic E-state index is 0.777. The van der Waals surface area contributed by atoms with E-state index in [1.165, 1.54) is 5.69 Å². The molecule has 1 N–H and O–H groups in total. The molecule has 0 aliphatic heterocycles. The van der Waals surface area contributed by atoms with Crippen LogP contribution in [0.3, 0.4) is 0 Å². The first-order valence-corrected chi connectivity index (χ1v) is 6.12. The summed E-state index contributed by atoms with van der Waals surface area (Å²) in [4.78, 5) is 4.15. The highest BCUT2D eigenvalue weighted by Crippen LogP contribution is 2.21. The molecule has 0 amide bonds. The average molecular weight is 245 g/mol. The summed E-state index contributed by atoms with van der Waals surface area (Å²) in [6, 6.07) is 6.10. The summed E-state index contributed by atoms with van der Waals surface area (Å²) in [6.07, 6.45) is 3.75. The van der Waals surface area contributed by atoms with Gasteiger partial charge in [0.1, 0.15) is 5.75 Å². The Morgan fingerprint density at radius 2 is 2.22 bits per heavy atom. The Bertz CT molecular complexity index is 520. The van der Waals surface area contributed by atoms with Crippen molar-refractivity contribution >= 4 is 5.69 Å². The van der Waals surface area contributed by atoms with E-state index in [0.29, 0.717) is 0 Å². The first-order valence-electron chi connectivity index (χ1n) is 6.12. The van der Waals surface area contributed by atoms with Crippen LogP contribution in [0.2, 0.25) is 0 Å². The molecule has 18 heavy (non-hydrogen) atoms. The number of aromatic nitrogens is 2. The quantitative estimate of drug-likeness (QED) is 0.880. The summed E-state index contributed by atoms with van der Waals surface area (Å²) in [5.74, 6) is 0.916. The summed E-state index contributed by atoms with van der Waals surface area (Å²) in [5, 5.41) is 3.40. The lowest BCUT2D eigenvalue weighted by atomic mass is 10.2. The van der Waals surface area contributed by atoms with Crippen LogP contribution in [-0.4, -0.2) is 16.7 Å². The van der Waals surface area contributed by atoms with E-state index in [1.807, 2.05) is 31.6 Å². The van der Waals surface area contributed by atoms with Crippen LogP contribution in [0, 0.1) is 6.92 Å². The van der Waals surface area contributed by atoms with Crippen molar-refractivity contribution in [3.63, 3.8) is 0 Å². The summed E-state index contributed by atoms with van der Waals surface area (Å²) >= 11 is 0. The maximum absolute atomic E-state index is 5.24. The number of hydrogen-bond donors (Lipinski definition) is 1. The number of anilines is 1. The molecule has 4 nitrogen and oxygen atoms in total. The molecule has 0 spiro atoms. The van der Waals surface area contributed by atoms with Gasteiger partial charge in [-0.15, -0.1) is 0 Å². The second kappa shape index (κ2) is 5.58. The third-order valence-electron chi connectivity index (χ3n) is 3.01. The van der Waals surface area contributed by atoms with Gasteiger partial charge in [-0.05, 0) is 37.6 Å². The lowest BCUT2D eigenvalue weighted by Gasteiger charge is -2.10. The smallest absolute Gasteiger partial charge is 0.121 e. The van der Waals surface area contributed by atoms with Gasteiger partial charge in [0.2, 0.25) is 0 Å². The molecule has 96 valence electrons. The van der Waals surface area contributed by atoms with E-state index in [9.17, 15) is 0 Å². The van der Waals surface area contributed by atoms with Gasteiger partial charge in [0.15, 0.2) is 0 Å². The summed E-state index contributed by atoms with van der Waals surface area (Å²) in [5.41, 5.74) is 3.41. The second-order valence-corrected chi connectivity index (χ2v) is 4.21. The zero-order chi connectivity index (χ0) is 13.0. The van der Waals surface area contributed by atoms with Gasteiger partial charge in [0, 0.05) is 18.4 Å². The number of methoxy groups -OCH3 is 1. The highest BCUT2D eigenvalue weighted by molar-refractivity contribution is 5.50. The van der Waals surface area contributed by atoms with Crippen molar-refractivity contribution in [3.05, 3.63) is 42.0 Å². The van der Waals surface area contributed by atoms with E-state index < -0.39 is 0 Å². The van der Waals surface area contributed by atoms with Crippen LogP contribution in [-0.2, 0) is 13.1 Å². The summed E-state index contributed by atoms with van der Waals surface area (Å²) in [6.45, 7) is 5.88. The van der Waals surface area contributed by atoms with E-state index in [-0.39, 0.29) is 0 Å². The fourth-order valence-corrected chi connectivity index (χ4v) is 1.96. The van der Waals surface area contributed by atoms with Gasteiger partial charge in [-0.1, -0.05) is 0 Å². The number of ether oxygens (including phenoxy) is 1. The van der Waals surface area contributed by atoms with Gasteiger partial charge >= 0.3 is 0 Å².